The van der Waals surface area contributed by atoms with Crippen molar-refractivity contribution in [1.29, 1.82) is 0 Å². The predicted octanol–water partition coefficient (Wildman–Crippen LogP) is 7.55. The number of carbonyl (C=O) groups is 2. The standard InChI is InChI=1S/C35H51N3O2/c1-22(2)23-13-18-35(30(40)37-27-10-8-9-21-36-27)20-19-33(6)24(29(23)35)11-12-26-32(5)16-15-28(39)38-31(3,4)25(32)14-17-34(26,33)7/h8-10,21,23-26,29H,1,11-20H2,2-7H3,(H,38,39)(H,36,37,40)/t23-,24+,25-,26+,29+,32-,33+,34+,35-/m0/s1. The molecule has 5 nitrogen and oxygen atoms in total. The molecule has 0 unspecified atom stereocenters. The lowest BCUT2D eigenvalue weighted by Crippen LogP contribution is -2.66. The lowest BCUT2D eigenvalue weighted by Gasteiger charge is -2.71. The maximum atomic E-state index is 14.2. The molecule has 0 radical (unpaired) electrons. The third-order valence-electron chi connectivity index (χ3n) is 13.9. The van der Waals surface area contributed by atoms with Crippen molar-refractivity contribution >= 4 is 17.6 Å². The summed E-state index contributed by atoms with van der Waals surface area (Å²) in [4.78, 5) is 31.5. The molecule has 0 aromatic carbocycles. The topological polar surface area (TPSA) is 71.1 Å². The number of amides is 2. The van der Waals surface area contributed by atoms with Gasteiger partial charge in [-0.1, -0.05) is 39.0 Å². The Morgan fingerprint density at radius 3 is 2.42 bits per heavy atom. The molecular formula is C35H51N3O2. The van der Waals surface area contributed by atoms with Crippen LogP contribution in [0, 0.1) is 51.2 Å². The van der Waals surface area contributed by atoms with Gasteiger partial charge in [0, 0.05) is 18.2 Å². The van der Waals surface area contributed by atoms with Crippen LogP contribution in [0.2, 0.25) is 0 Å². The third-order valence-corrected chi connectivity index (χ3v) is 13.9. The molecule has 9 atom stereocenters. The fourth-order valence-corrected chi connectivity index (χ4v) is 12.0. The summed E-state index contributed by atoms with van der Waals surface area (Å²) < 4.78 is 0. The smallest absolute Gasteiger partial charge is 0.232 e. The summed E-state index contributed by atoms with van der Waals surface area (Å²) >= 11 is 0. The third kappa shape index (κ3) is 3.74. The van der Waals surface area contributed by atoms with Gasteiger partial charge in [-0.05, 0) is 137 Å². The largest absolute Gasteiger partial charge is 0.351 e. The minimum Gasteiger partial charge on any atom is -0.351 e. The van der Waals surface area contributed by atoms with Gasteiger partial charge in [0.15, 0.2) is 0 Å². The molecule has 0 spiro atoms. The van der Waals surface area contributed by atoms with Gasteiger partial charge in [-0.15, -0.1) is 0 Å². The van der Waals surface area contributed by atoms with Gasteiger partial charge in [-0.3, -0.25) is 9.59 Å². The van der Waals surface area contributed by atoms with Crippen molar-refractivity contribution in [2.24, 2.45) is 51.2 Å². The molecule has 0 bridgehead atoms. The molecular weight excluding hydrogens is 494 g/mol. The van der Waals surface area contributed by atoms with Gasteiger partial charge in [0.2, 0.25) is 11.8 Å². The molecule has 5 fully saturated rings. The van der Waals surface area contributed by atoms with E-state index in [4.69, 9.17) is 0 Å². The summed E-state index contributed by atoms with van der Waals surface area (Å²) in [7, 11) is 0. The van der Waals surface area contributed by atoms with E-state index >= 15 is 0 Å². The molecule has 5 aliphatic rings. The molecule has 218 valence electrons. The van der Waals surface area contributed by atoms with Crippen molar-refractivity contribution in [3.63, 3.8) is 0 Å². The highest BCUT2D eigenvalue weighted by atomic mass is 16.2. The molecule has 5 heteroatoms. The van der Waals surface area contributed by atoms with E-state index in [1.54, 1.807) is 6.20 Å². The van der Waals surface area contributed by atoms with Gasteiger partial charge in [0.05, 0.1) is 5.41 Å². The summed E-state index contributed by atoms with van der Waals surface area (Å²) in [6, 6.07) is 5.74. The Balaban J connectivity index is 1.38. The van der Waals surface area contributed by atoms with Crippen LogP contribution in [0.1, 0.15) is 106 Å². The van der Waals surface area contributed by atoms with Gasteiger partial charge in [0.25, 0.3) is 0 Å². The summed E-state index contributed by atoms with van der Waals surface area (Å²) in [5, 5.41) is 6.66. The predicted molar refractivity (Wildman–Crippen MR) is 160 cm³/mol. The summed E-state index contributed by atoms with van der Waals surface area (Å²) in [6.07, 6.45) is 12.2. The average Bonchev–Trinajstić information content (AvgIpc) is 3.26. The first-order chi connectivity index (χ1) is 18.8. The number of rotatable bonds is 3. The first-order valence-corrected chi connectivity index (χ1v) is 16.0. The second kappa shape index (κ2) is 9.16. The molecule has 4 aliphatic carbocycles. The SMILES string of the molecule is C=C(C)[C@@H]1CC[C@]2(C(=O)Nc3ccccn3)CC[C@]3(C)[C@H](CC[C@@H]4[C@@]5(C)CCC(=O)NC(C)(C)[C@@H]5CC[C@]43C)[C@@H]12. The van der Waals surface area contributed by atoms with E-state index in [0.29, 0.717) is 41.8 Å². The number of anilines is 1. The van der Waals surface area contributed by atoms with E-state index in [0.717, 1.165) is 32.1 Å². The number of nitrogens with one attached hydrogen (secondary N) is 2. The van der Waals surface area contributed by atoms with Crippen LogP contribution in [-0.4, -0.2) is 22.3 Å². The van der Waals surface area contributed by atoms with Crippen LogP contribution in [0.15, 0.2) is 36.5 Å². The van der Waals surface area contributed by atoms with Crippen molar-refractivity contribution in [2.75, 3.05) is 5.32 Å². The zero-order chi connectivity index (χ0) is 28.7. The normalized spacial score (nSPS) is 45.5. The van der Waals surface area contributed by atoms with E-state index in [-0.39, 0.29) is 39.0 Å². The number of aromatic nitrogens is 1. The van der Waals surface area contributed by atoms with Crippen LogP contribution in [-0.2, 0) is 9.59 Å². The molecule has 2 N–H and O–H groups in total. The van der Waals surface area contributed by atoms with Crippen molar-refractivity contribution in [3.8, 4) is 0 Å². The van der Waals surface area contributed by atoms with E-state index in [9.17, 15) is 9.59 Å². The van der Waals surface area contributed by atoms with Gasteiger partial charge < -0.3 is 10.6 Å². The van der Waals surface area contributed by atoms with Crippen LogP contribution in [0.4, 0.5) is 5.82 Å². The zero-order valence-electron chi connectivity index (χ0n) is 25.7. The van der Waals surface area contributed by atoms with Crippen LogP contribution in [0.25, 0.3) is 0 Å². The number of fused-ring (bicyclic) bond motifs is 7. The van der Waals surface area contributed by atoms with Crippen LogP contribution >= 0.6 is 0 Å². The van der Waals surface area contributed by atoms with Crippen molar-refractivity contribution in [1.82, 2.24) is 10.3 Å². The van der Waals surface area contributed by atoms with Crippen LogP contribution < -0.4 is 10.6 Å². The van der Waals surface area contributed by atoms with Gasteiger partial charge in [-0.25, -0.2) is 4.98 Å². The molecule has 6 rings (SSSR count). The van der Waals surface area contributed by atoms with Crippen LogP contribution in [0.5, 0.6) is 0 Å². The molecule has 2 amide bonds. The molecule has 1 aromatic rings. The molecule has 40 heavy (non-hydrogen) atoms. The van der Waals surface area contributed by atoms with Crippen molar-refractivity contribution in [3.05, 3.63) is 36.5 Å². The van der Waals surface area contributed by atoms with Gasteiger partial charge in [-0.2, -0.15) is 0 Å². The van der Waals surface area contributed by atoms with Crippen LogP contribution in [0.3, 0.4) is 0 Å². The minimum atomic E-state index is -0.351. The fourth-order valence-electron chi connectivity index (χ4n) is 12.0. The first-order valence-electron chi connectivity index (χ1n) is 16.0. The monoisotopic (exact) mass is 545 g/mol. The van der Waals surface area contributed by atoms with Gasteiger partial charge >= 0.3 is 0 Å². The number of pyridine rings is 1. The lowest BCUT2D eigenvalue weighted by atomic mass is 9.33. The van der Waals surface area contributed by atoms with E-state index in [1.807, 2.05) is 18.2 Å². The fraction of sp³-hybridized carbons (Fsp3) is 0.743. The molecule has 1 aliphatic heterocycles. The number of carbonyl (C=O) groups excluding carboxylic acids is 2. The Hall–Kier alpha value is -2.17. The Labute approximate surface area is 241 Å². The first kappa shape index (κ1) is 28.0. The lowest BCUT2D eigenvalue weighted by molar-refractivity contribution is -0.222. The van der Waals surface area contributed by atoms with Crippen molar-refractivity contribution in [2.45, 2.75) is 111 Å². The van der Waals surface area contributed by atoms with E-state index in [1.165, 1.54) is 31.3 Å². The quantitative estimate of drug-likeness (QED) is 0.385. The molecule has 1 saturated heterocycles. The second-order valence-electron chi connectivity index (χ2n) is 15.8. The van der Waals surface area contributed by atoms with E-state index < -0.39 is 0 Å². The number of allylic oxidation sites excluding steroid dienone is 1. The highest BCUT2D eigenvalue weighted by molar-refractivity contribution is 5.95. The zero-order valence-corrected chi connectivity index (χ0v) is 25.7. The van der Waals surface area contributed by atoms with E-state index in [2.05, 4.69) is 63.7 Å². The Bertz CT molecular complexity index is 1210. The number of nitrogens with zero attached hydrogens (tertiary/aromatic N) is 1. The van der Waals surface area contributed by atoms with Gasteiger partial charge in [0.1, 0.15) is 5.82 Å². The summed E-state index contributed by atoms with van der Waals surface area (Å²) in [5.74, 6) is 3.36. The molecule has 1 aromatic heterocycles. The Morgan fingerprint density at radius 2 is 1.73 bits per heavy atom. The maximum Gasteiger partial charge on any atom is 0.232 e. The number of hydrogen-bond acceptors (Lipinski definition) is 3. The maximum absolute atomic E-state index is 14.2. The average molecular weight is 546 g/mol. The number of hydrogen-bond donors (Lipinski definition) is 2. The summed E-state index contributed by atoms with van der Waals surface area (Å²) in [6.45, 7) is 19.0. The Kier molecular flexibility index (Phi) is 6.41. The second-order valence-corrected chi connectivity index (χ2v) is 15.8. The Morgan fingerprint density at radius 1 is 0.950 bits per heavy atom. The highest BCUT2D eigenvalue weighted by Crippen LogP contribution is 2.76. The molecule has 4 saturated carbocycles. The molecule has 2 heterocycles. The van der Waals surface area contributed by atoms with Crippen molar-refractivity contribution < 1.29 is 9.59 Å². The summed E-state index contributed by atoms with van der Waals surface area (Å²) in [5.41, 5.74) is 1.21. The highest BCUT2D eigenvalue weighted by Gasteiger charge is 2.71. The minimum absolute atomic E-state index is 0.137.